The van der Waals surface area contributed by atoms with Crippen molar-refractivity contribution >= 4 is 16.9 Å². The summed E-state index contributed by atoms with van der Waals surface area (Å²) in [6.45, 7) is 5.00. The van der Waals surface area contributed by atoms with E-state index in [0.29, 0.717) is 24.1 Å². The smallest absolute Gasteiger partial charge is 0.264 e. The molecule has 0 fully saturated rings. The molecular weight excluding hydrogens is 342 g/mol. The van der Waals surface area contributed by atoms with E-state index < -0.39 is 0 Å². The lowest BCUT2D eigenvalue weighted by Crippen LogP contribution is -2.38. The quantitative estimate of drug-likeness (QED) is 0.642. The summed E-state index contributed by atoms with van der Waals surface area (Å²) in [5.41, 5.74) is 1.48. The molecule has 0 spiro atoms. The molecule has 0 aliphatic carbocycles. The van der Waals surface area contributed by atoms with Crippen LogP contribution in [-0.4, -0.2) is 36.2 Å². The van der Waals surface area contributed by atoms with Crippen molar-refractivity contribution in [3.63, 3.8) is 0 Å². The van der Waals surface area contributed by atoms with Crippen molar-refractivity contribution in [3.8, 4) is 0 Å². The Morgan fingerprint density at radius 2 is 2.00 bits per heavy atom. The van der Waals surface area contributed by atoms with E-state index in [0.717, 1.165) is 12.0 Å². The zero-order valence-corrected chi connectivity index (χ0v) is 16.0. The van der Waals surface area contributed by atoms with Crippen LogP contribution in [0.1, 0.15) is 32.3 Å². The van der Waals surface area contributed by atoms with Crippen LogP contribution < -0.4 is 5.56 Å². The lowest BCUT2D eigenvalue weighted by Gasteiger charge is -2.29. The van der Waals surface area contributed by atoms with Gasteiger partial charge in [-0.3, -0.25) is 18.8 Å². The molecule has 1 aromatic carbocycles. The molecule has 0 unspecified atom stereocenters. The van der Waals surface area contributed by atoms with Crippen LogP contribution in [0.3, 0.4) is 0 Å². The van der Waals surface area contributed by atoms with Gasteiger partial charge in [-0.15, -0.1) is 0 Å². The molecule has 0 aliphatic rings. The third-order valence-electron chi connectivity index (χ3n) is 4.92. The number of amides is 1. The Morgan fingerprint density at radius 3 is 2.70 bits per heavy atom. The fraction of sp³-hybridized carbons (Fsp3) is 0.400. The van der Waals surface area contributed by atoms with Crippen LogP contribution in [0.4, 0.5) is 0 Å². The Balaban J connectivity index is 1.74. The summed E-state index contributed by atoms with van der Waals surface area (Å²) < 4.78 is 3.05. The maximum Gasteiger partial charge on any atom is 0.264 e. The zero-order valence-electron chi connectivity index (χ0n) is 16.0. The van der Waals surface area contributed by atoms with E-state index in [-0.39, 0.29) is 23.9 Å². The molecule has 7 heteroatoms. The first-order valence-electron chi connectivity index (χ1n) is 9.21. The fourth-order valence-electron chi connectivity index (χ4n) is 3.08. The molecule has 7 nitrogen and oxygen atoms in total. The van der Waals surface area contributed by atoms with Gasteiger partial charge in [0.2, 0.25) is 5.91 Å². The Labute approximate surface area is 158 Å². The van der Waals surface area contributed by atoms with Gasteiger partial charge < -0.3 is 4.90 Å². The average Bonchev–Trinajstić information content (AvgIpc) is 3.07. The number of carbonyl (C=O) groups excluding carboxylic acids is 1. The van der Waals surface area contributed by atoms with Crippen molar-refractivity contribution in [1.82, 2.24) is 24.2 Å². The minimum atomic E-state index is -0.168. The normalized spacial score (nSPS) is 12.3. The molecule has 3 aromatic rings. The highest BCUT2D eigenvalue weighted by Gasteiger charge is 2.19. The van der Waals surface area contributed by atoms with Crippen molar-refractivity contribution in [1.29, 1.82) is 0 Å². The molecule has 0 aliphatic heterocycles. The maximum atomic E-state index is 12.9. The van der Waals surface area contributed by atoms with Crippen molar-refractivity contribution in [2.24, 2.45) is 7.05 Å². The van der Waals surface area contributed by atoms with E-state index in [9.17, 15) is 9.59 Å². The Kier molecular flexibility index (Phi) is 5.69. The van der Waals surface area contributed by atoms with Gasteiger partial charge in [-0.05, 0) is 18.9 Å². The molecule has 1 atom stereocenters. The molecule has 0 radical (unpaired) electrons. The Hall–Kier alpha value is -2.96. The molecule has 2 heterocycles. The van der Waals surface area contributed by atoms with Crippen LogP contribution in [0.15, 0.2) is 47.7 Å². The largest absolute Gasteiger partial charge is 0.336 e. The van der Waals surface area contributed by atoms with E-state index in [1.165, 1.54) is 17.1 Å². The molecule has 2 aromatic heterocycles. The lowest BCUT2D eigenvalue weighted by atomic mass is 10.1. The molecule has 142 valence electrons. The van der Waals surface area contributed by atoms with Crippen LogP contribution in [-0.2, 0) is 24.9 Å². The molecular formula is C20H25N5O2. The summed E-state index contributed by atoms with van der Waals surface area (Å²) in [6, 6.07) is 10.1. The second kappa shape index (κ2) is 8.16. The highest BCUT2D eigenvalue weighted by Crippen LogP contribution is 2.13. The first-order chi connectivity index (χ1) is 13.0. The second-order valence-corrected chi connectivity index (χ2v) is 6.76. The third kappa shape index (κ3) is 4.07. The van der Waals surface area contributed by atoms with E-state index in [1.54, 1.807) is 11.7 Å². The number of aromatic nitrogens is 4. The molecule has 1 amide bonds. The highest BCUT2D eigenvalue weighted by molar-refractivity contribution is 5.76. The van der Waals surface area contributed by atoms with Crippen molar-refractivity contribution in [3.05, 3.63) is 58.8 Å². The predicted octanol–water partition coefficient (Wildman–Crippen LogP) is 2.35. The van der Waals surface area contributed by atoms with E-state index >= 15 is 0 Å². The SMILES string of the molecule is CC[C@H](C)N(Cc1ccccc1)C(=O)CCn1cnc2c(cnn2C)c1=O. The molecule has 0 bridgehead atoms. The molecule has 3 rings (SSSR count). The first-order valence-corrected chi connectivity index (χ1v) is 9.21. The number of benzene rings is 1. The maximum absolute atomic E-state index is 12.9. The van der Waals surface area contributed by atoms with Crippen molar-refractivity contribution in [2.45, 2.75) is 45.8 Å². The average molecular weight is 367 g/mol. The van der Waals surface area contributed by atoms with Gasteiger partial charge in [0.15, 0.2) is 5.65 Å². The highest BCUT2D eigenvalue weighted by atomic mass is 16.2. The molecule has 0 saturated carbocycles. The molecule has 27 heavy (non-hydrogen) atoms. The number of hydrogen-bond donors (Lipinski definition) is 0. The van der Waals surface area contributed by atoms with Gasteiger partial charge in [-0.2, -0.15) is 5.10 Å². The van der Waals surface area contributed by atoms with Crippen molar-refractivity contribution < 1.29 is 4.79 Å². The topological polar surface area (TPSA) is 73.0 Å². The summed E-state index contributed by atoms with van der Waals surface area (Å²) in [5, 5.41) is 4.54. The predicted molar refractivity (Wildman–Crippen MR) is 104 cm³/mol. The van der Waals surface area contributed by atoms with Crippen LogP contribution in [0, 0.1) is 0 Å². The minimum absolute atomic E-state index is 0.0337. The van der Waals surface area contributed by atoms with Gasteiger partial charge in [-0.25, -0.2) is 4.98 Å². The van der Waals surface area contributed by atoms with E-state index in [2.05, 4.69) is 23.9 Å². The summed E-state index contributed by atoms with van der Waals surface area (Å²) >= 11 is 0. The standard InChI is InChI=1S/C20H25N5O2/c1-4-15(2)25(13-16-8-6-5-7-9-16)18(26)10-11-24-14-21-19-17(20(24)27)12-22-23(19)3/h5-9,12,14-15H,4,10-11,13H2,1-3H3/t15-/m0/s1. The third-order valence-corrected chi connectivity index (χ3v) is 4.92. The molecule has 0 N–H and O–H groups in total. The minimum Gasteiger partial charge on any atom is -0.336 e. The van der Waals surface area contributed by atoms with Crippen LogP contribution in [0.2, 0.25) is 0 Å². The lowest BCUT2D eigenvalue weighted by molar-refractivity contribution is -0.134. The summed E-state index contributed by atoms with van der Waals surface area (Å²) in [7, 11) is 1.75. The van der Waals surface area contributed by atoms with Crippen LogP contribution in [0.5, 0.6) is 0 Å². The van der Waals surface area contributed by atoms with Gasteiger partial charge in [-0.1, -0.05) is 37.3 Å². The number of hydrogen-bond acceptors (Lipinski definition) is 4. The molecule has 0 saturated heterocycles. The Bertz CT molecular complexity index is 977. The van der Waals surface area contributed by atoms with Crippen LogP contribution >= 0.6 is 0 Å². The number of rotatable bonds is 7. The van der Waals surface area contributed by atoms with Gasteiger partial charge in [0.25, 0.3) is 5.56 Å². The number of aryl methyl sites for hydroxylation is 2. The number of nitrogens with zero attached hydrogens (tertiary/aromatic N) is 5. The van der Waals surface area contributed by atoms with E-state index in [1.807, 2.05) is 35.2 Å². The van der Waals surface area contributed by atoms with Crippen molar-refractivity contribution in [2.75, 3.05) is 0 Å². The fourth-order valence-corrected chi connectivity index (χ4v) is 3.08. The first kappa shape index (κ1) is 18.8. The summed E-state index contributed by atoms with van der Waals surface area (Å²) in [4.78, 5) is 31.6. The van der Waals surface area contributed by atoms with Gasteiger partial charge in [0, 0.05) is 32.6 Å². The Morgan fingerprint density at radius 1 is 1.26 bits per heavy atom. The summed E-state index contributed by atoms with van der Waals surface area (Å²) in [5.74, 6) is 0.0337. The van der Waals surface area contributed by atoms with Gasteiger partial charge in [0.1, 0.15) is 5.39 Å². The summed E-state index contributed by atoms with van der Waals surface area (Å²) in [6.07, 6.45) is 4.14. The second-order valence-electron chi connectivity index (χ2n) is 6.76. The van der Waals surface area contributed by atoms with E-state index in [4.69, 9.17) is 0 Å². The number of fused-ring (bicyclic) bond motifs is 1. The zero-order chi connectivity index (χ0) is 19.4. The van der Waals surface area contributed by atoms with Crippen LogP contribution in [0.25, 0.3) is 11.0 Å². The number of carbonyl (C=O) groups is 1. The monoisotopic (exact) mass is 367 g/mol. The van der Waals surface area contributed by atoms with Gasteiger partial charge >= 0.3 is 0 Å². The van der Waals surface area contributed by atoms with Gasteiger partial charge in [0.05, 0.1) is 12.5 Å².